The van der Waals surface area contributed by atoms with E-state index in [-0.39, 0.29) is 23.0 Å². The highest BCUT2D eigenvalue weighted by Crippen LogP contribution is 2.45. The zero-order chi connectivity index (χ0) is 28.4. The van der Waals surface area contributed by atoms with Crippen LogP contribution in [0.2, 0.25) is 0 Å². The van der Waals surface area contributed by atoms with Crippen molar-refractivity contribution in [1.82, 2.24) is 0 Å². The molecule has 4 aromatic rings. The highest BCUT2D eigenvalue weighted by Gasteiger charge is 2.32. The van der Waals surface area contributed by atoms with Crippen LogP contribution in [-0.2, 0) is 0 Å². The van der Waals surface area contributed by atoms with Crippen LogP contribution in [0.5, 0.6) is 23.0 Å². The molecule has 3 aromatic carbocycles. The largest absolute Gasteiger partial charge is 0.490 e. The topological polar surface area (TPSA) is 117 Å². The van der Waals surface area contributed by atoms with Crippen molar-refractivity contribution in [2.75, 3.05) is 13.2 Å². The van der Waals surface area contributed by atoms with Gasteiger partial charge in [-0.2, -0.15) is 5.26 Å². The van der Waals surface area contributed by atoms with Gasteiger partial charge < -0.3 is 29.1 Å². The first-order valence-corrected chi connectivity index (χ1v) is 13.2. The molecule has 0 saturated heterocycles. The third-order valence-corrected chi connectivity index (χ3v) is 6.74. The molecule has 1 unspecified atom stereocenters. The van der Waals surface area contributed by atoms with Crippen molar-refractivity contribution >= 4 is 16.9 Å². The second-order valence-corrected chi connectivity index (χ2v) is 9.56. The van der Waals surface area contributed by atoms with Gasteiger partial charge in [0.15, 0.2) is 11.5 Å². The predicted octanol–water partition coefficient (Wildman–Crippen LogP) is 6.67. The molecular weight excluding hydrogens is 508 g/mol. The number of furan rings is 1. The molecule has 0 radical (unpaired) electrons. The molecule has 1 aliphatic heterocycles. The summed E-state index contributed by atoms with van der Waals surface area (Å²) >= 11 is 0. The fourth-order valence-corrected chi connectivity index (χ4v) is 4.83. The highest BCUT2D eigenvalue weighted by molar-refractivity contribution is 5.97. The Balaban J connectivity index is 1.48. The normalized spacial score (nSPS) is 14.3. The number of nitrogens with two attached hydrogens (primary N) is 1. The average molecular weight is 539 g/mol. The standard InChI is InChI=1S/C32H30N2O6/c1-5-13-37-25-12-8-20(15-28(25)36-6-2)29-23-11-9-21(16-27(23)40-31(34)24(29)17-33)38-32(35)30-19(4)22-10-7-18(3)14-26(22)39-30/h7-12,14-16,29H,5-6,13,34H2,1-4H3. The summed E-state index contributed by atoms with van der Waals surface area (Å²) in [5, 5.41) is 10.8. The van der Waals surface area contributed by atoms with Gasteiger partial charge in [0.2, 0.25) is 11.6 Å². The second kappa shape index (κ2) is 11.1. The third kappa shape index (κ3) is 4.94. The quantitative estimate of drug-likeness (QED) is 0.195. The average Bonchev–Trinajstić information content (AvgIpc) is 3.27. The van der Waals surface area contributed by atoms with Crippen LogP contribution in [0.4, 0.5) is 0 Å². The molecule has 0 spiro atoms. The summed E-state index contributed by atoms with van der Waals surface area (Å²) in [6, 6.07) is 18.6. The van der Waals surface area contributed by atoms with Crippen LogP contribution in [0.25, 0.3) is 11.0 Å². The number of ether oxygens (including phenoxy) is 4. The molecule has 0 saturated carbocycles. The molecular formula is C32H30N2O6. The van der Waals surface area contributed by atoms with E-state index in [4.69, 9.17) is 29.1 Å². The first-order valence-electron chi connectivity index (χ1n) is 13.2. The smallest absolute Gasteiger partial charge is 0.379 e. The van der Waals surface area contributed by atoms with Crippen molar-refractivity contribution in [1.29, 1.82) is 5.26 Å². The summed E-state index contributed by atoms with van der Waals surface area (Å²) in [6.07, 6.45) is 0.862. The molecule has 0 aliphatic carbocycles. The molecule has 5 rings (SSSR count). The first-order chi connectivity index (χ1) is 19.3. The minimum Gasteiger partial charge on any atom is -0.490 e. The molecule has 1 aliphatic rings. The Morgan fingerprint density at radius 2 is 1.85 bits per heavy atom. The summed E-state index contributed by atoms with van der Waals surface area (Å²) in [4.78, 5) is 13.1. The molecule has 8 nitrogen and oxygen atoms in total. The monoisotopic (exact) mass is 538 g/mol. The van der Waals surface area contributed by atoms with Crippen molar-refractivity contribution in [3.05, 3.63) is 94.1 Å². The van der Waals surface area contributed by atoms with Gasteiger partial charge in [-0.3, -0.25) is 0 Å². The zero-order valence-corrected chi connectivity index (χ0v) is 22.9. The van der Waals surface area contributed by atoms with E-state index in [9.17, 15) is 10.1 Å². The fraction of sp³-hybridized carbons (Fsp3) is 0.250. The number of carbonyl (C=O) groups excluding carboxylic acids is 1. The summed E-state index contributed by atoms with van der Waals surface area (Å²) in [7, 11) is 0. The van der Waals surface area contributed by atoms with Crippen molar-refractivity contribution < 1.29 is 28.2 Å². The van der Waals surface area contributed by atoms with Crippen LogP contribution in [0.3, 0.4) is 0 Å². The molecule has 2 heterocycles. The van der Waals surface area contributed by atoms with Crippen molar-refractivity contribution in [3.63, 3.8) is 0 Å². The Hall–Kier alpha value is -4.90. The number of fused-ring (bicyclic) bond motifs is 2. The number of allylic oxidation sites excluding steroid dienone is 1. The Kier molecular flexibility index (Phi) is 7.39. The van der Waals surface area contributed by atoms with E-state index in [0.717, 1.165) is 22.9 Å². The number of nitrogens with zero attached hydrogens (tertiary/aromatic N) is 1. The van der Waals surface area contributed by atoms with Gasteiger partial charge in [0.1, 0.15) is 28.7 Å². The van der Waals surface area contributed by atoms with E-state index in [1.807, 2.05) is 64.1 Å². The number of esters is 1. The maximum atomic E-state index is 13.1. The SMILES string of the molecule is CCCOc1ccc(C2C(C#N)=C(N)Oc3cc(OC(=O)c4oc5cc(C)ccc5c4C)ccc32)cc1OCC. The zero-order valence-electron chi connectivity index (χ0n) is 22.9. The lowest BCUT2D eigenvalue weighted by Gasteiger charge is -2.27. The number of hydrogen-bond donors (Lipinski definition) is 1. The number of hydrogen-bond acceptors (Lipinski definition) is 8. The minimum atomic E-state index is -0.621. The van der Waals surface area contributed by atoms with Crippen LogP contribution in [0.15, 0.2) is 70.5 Å². The van der Waals surface area contributed by atoms with Gasteiger partial charge in [-0.25, -0.2) is 4.79 Å². The van der Waals surface area contributed by atoms with E-state index >= 15 is 0 Å². The number of carbonyl (C=O) groups is 1. The van der Waals surface area contributed by atoms with Gasteiger partial charge >= 0.3 is 5.97 Å². The third-order valence-electron chi connectivity index (χ3n) is 6.74. The molecule has 0 fully saturated rings. The molecule has 0 bridgehead atoms. The van der Waals surface area contributed by atoms with Crippen LogP contribution in [-0.4, -0.2) is 19.2 Å². The summed E-state index contributed by atoms with van der Waals surface area (Å²) < 4.78 is 29.0. The molecule has 1 atom stereocenters. The molecule has 0 amide bonds. The Morgan fingerprint density at radius 1 is 1.02 bits per heavy atom. The molecule has 40 heavy (non-hydrogen) atoms. The summed E-state index contributed by atoms with van der Waals surface area (Å²) in [5.74, 6) is 0.835. The van der Waals surface area contributed by atoms with Gasteiger partial charge in [-0.1, -0.05) is 31.2 Å². The lowest BCUT2D eigenvalue weighted by molar-refractivity contribution is 0.0702. The lowest BCUT2D eigenvalue weighted by Crippen LogP contribution is -2.21. The molecule has 8 heteroatoms. The fourth-order valence-electron chi connectivity index (χ4n) is 4.83. The van der Waals surface area contributed by atoms with E-state index in [1.54, 1.807) is 18.2 Å². The van der Waals surface area contributed by atoms with Crippen molar-refractivity contribution in [2.24, 2.45) is 5.73 Å². The number of rotatable bonds is 8. The maximum Gasteiger partial charge on any atom is 0.379 e. The Labute approximate surface area is 232 Å². The van der Waals surface area contributed by atoms with Crippen molar-refractivity contribution in [2.45, 2.75) is 40.0 Å². The van der Waals surface area contributed by atoms with Gasteiger partial charge in [0.25, 0.3) is 0 Å². The van der Waals surface area contributed by atoms with E-state index < -0.39 is 11.9 Å². The lowest BCUT2D eigenvalue weighted by atomic mass is 9.83. The Bertz CT molecular complexity index is 1680. The summed E-state index contributed by atoms with van der Waals surface area (Å²) in [6.45, 7) is 8.73. The number of nitriles is 1. The van der Waals surface area contributed by atoms with Gasteiger partial charge in [0, 0.05) is 22.6 Å². The second-order valence-electron chi connectivity index (χ2n) is 9.56. The van der Waals surface area contributed by atoms with Crippen LogP contribution in [0, 0.1) is 25.2 Å². The number of benzene rings is 3. The molecule has 1 aromatic heterocycles. The van der Waals surface area contributed by atoms with E-state index in [0.29, 0.717) is 47.2 Å². The van der Waals surface area contributed by atoms with E-state index in [1.165, 1.54) is 0 Å². The van der Waals surface area contributed by atoms with Crippen molar-refractivity contribution in [3.8, 4) is 29.1 Å². The molecule has 204 valence electrons. The predicted molar refractivity (Wildman–Crippen MR) is 150 cm³/mol. The van der Waals surface area contributed by atoms with Crippen LogP contribution < -0.4 is 24.7 Å². The van der Waals surface area contributed by atoms with Crippen LogP contribution >= 0.6 is 0 Å². The van der Waals surface area contributed by atoms with Crippen LogP contribution in [0.1, 0.15) is 59.0 Å². The number of aryl methyl sites for hydroxylation is 2. The van der Waals surface area contributed by atoms with Gasteiger partial charge in [-0.05, 0) is 62.6 Å². The van der Waals surface area contributed by atoms with E-state index in [2.05, 4.69) is 6.07 Å². The first kappa shape index (κ1) is 26.7. The summed E-state index contributed by atoms with van der Waals surface area (Å²) in [5.41, 5.74) is 10.3. The maximum absolute atomic E-state index is 13.1. The minimum absolute atomic E-state index is 0.0174. The highest BCUT2D eigenvalue weighted by atomic mass is 16.5. The van der Waals surface area contributed by atoms with Gasteiger partial charge in [-0.15, -0.1) is 0 Å². The molecule has 2 N–H and O–H groups in total. The Morgan fingerprint density at radius 3 is 2.60 bits per heavy atom. The van der Waals surface area contributed by atoms with Gasteiger partial charge in [0.05, 0.1) is 19.1 Å².